The molecule has 0 amide bonds. The van der Waals surface area contributed by atoms with Gasteiger partial charge in [-0.2, -0.15) is 0 Å². The van der Waals surface area contributed by atoms with Crippen LogP contribution in [-0.2, 0) is 0 Å². The van der Waals surface area contributed by atoms with Gasteiger partial charge >= 0.3 is 0 Å². The van der Waals surface area contributed by atoms with E-state index in [0.29, 0.717) is 4.83 Å². The molecule has 0 aliphatic heterocycles. The second-order valence-electron chi connectivity index (χ2n) is 4.21. The molecule has 0 spiro atoms. The lowest BCUT2D eigenvalue weighted by Gasteiger charge is -2.11. The van der Waals surface area contributed by atoms with Gasteiger partial charge in [-0.25, -0.2) is 4.39 Å². The van der Waals surface area contributed by atoms with Gasteiger partial charge in [0.15, 0.2) is 0 Å². The van der Waals surface area contributed by atoms with E-state index in [4.69, 9.17) is 0 Å². The minimum atomic E-state index is -0.0655. The first-order chi connectivity index (χ1) is 6.59. The summed E-state index contributed by atoms with van der Waals surface area (Å²) in [4.78, 5) is 0.417. The fraction of sp³-hybridized carbons (Fsp3) is 0.500. The SMILES string of the molecule is Cc1cc(C(Br)C2CC2)cc(C)c1F. The zero-order chi connectivity index (χ0) is 10.3. The lowest BCUT2D eigenvalue weighted by molar-refractivity contribution is 0.607. The zero-order valence-electron chi connectivity index (χ0n) is 8.48. The Kier molecular flexibility index (Phi) is 2.65. The highest BCUT2D eigenvalue weighted by Crippen LogP contribution is 2.46. The molecule has 0 heterocycles. The Hall–Kier alpha value is -0.370. The van der Waals surface area contributed by atoms with E-state index in [1.54, 1.807) is 0 Å². The first kappa shape index (κ1) is 10.2. The molecule has 2 heteroatoms. The topological polar surface area (TPSA) is 0 Å². The van der Waals surface area contributed by atoms with Crippen LogP contribution in [0.1, 0.15) is 34.4 Å². The molecule has 1 aliphatic carbocycles. The van der Waals surface area contributed by atoms with Crippen LogP contribution in [-0.4, -0.2) is 0 Å². The van der Waals surface area contributed by atoms with Gasteiger partial charge in [-0.15, -0.1) is 0 Å². The van der Waals surface area contributed by atoms with Gasteiger partial charge in [0.25, 0.3) is 0 Å². The summed E-state index contributed by atoms with van der Waals surface area (Å²) in [6.07, 6.45) is 2.59. The lowest BCUT2D eigenvalue weighted by Crippen LogP contribution is -1.97. The molecule has 0 saturated heterocycles. The number of hydrogen-bond acceptors (Lipinski definition) is 0. The molecule has 0 nitrogen and oxygen atoms in total. The van der Waals surface area contributed by atoms with Crippen molar-refractivity contribution in [1.82, 2.24) is 0 Å². The minimum absolute atomic E-state index is 0.0655. The van der Waals surface area contributed by atoms with E-state index >= 15 is 0 Å². The van der Waals surface area contributed by atoms with Crippen molar-refractivity contribution in [3.05, 3.63) is 34.6 Å². The van der Waals surface area contributed by atoms with Crippen LogP contribution in [0.5, 0.6) is 0 Å². The Morgan fingerprint density at radius 2 is 1.79 bits per heavy atom. The lowest BCUT2D eigenvalue weighted by atomic mass is 10.0. The second-order valence-corrected chi connectivity index (χ2v) is 5.19. The van der Waals surface area contributed by atoms with Crippen molar-refractivity contribution < 1.29 is 4.39 Å². The van der Waals surface area contributed by atoms with E-state index in [1.165, 1.54) is 18.4 Å². The molecule has 1 aliphatic rings. The Bertz CT molecular complexity index is 332. The first-order valence-corrected chi connectivity index (χ1v) is 5.92. The third kappa shape index (κ3) is 1.85. The highest BCUT2D eigenvalue weighted by Gasteiger charge is 2.30. The van der Waals surface area contributed by atoms with Gasteiger partial charge in [0, 0.05) is 4.83 Å². The third-order valence-corrected chi connectivity index (χ3v) is 4.09. The quantitative estimate of drug-likeness (QED) is 0.693. The summed E-state index contributed by atoms with van der Waals surface area (Å²) in [5.41, 5.74) is 2.74. The summed E-state index contributed by atoms with van der Waals surface area (Å²) in [5.74, 6) is 0.698. The largest absolute Gasteiger partial charge is 0.206 e. The van der Waals surface area contributed by atoms with Crippen LogP contribution in [0.3, 0.4) is 0 Å². The van der Waals surface area contributed by atoms with Crippen LogP contribution in [0.2, 0.25) is 0 Å². The monoisotopic (exact) mass is 256 g/mol. The number of benzene rings is 1. The highest BCUT2D eigenvalue weighted by molar-refractivity contribution is 9.09. The molecule has 14 heavy (non-hydrogen) atoms. The van der Waals surface area contributed by atoms with E-state index in [9.17, 15) is 4.39 Å². The minimum Gasteiger partial charge on any atom is -0.206 e. The number of halogens is 2. The molecule has 1 atom stereocenters. The summed E-state index contributed by atoms with van der Waals surface area (Å²) >= 11 is 3.68. The molecule has 1 unspecified atom stereocenters. The molecule has 1 saturated carbocycles. The van der Waals surface area contributed by atoms with Crippen LogP contribution < -0.4 is 0 Å². The Balaban J connectivity index is 2.34. The van der Waals surface area contributed by atoms with Crippen molar-refractivity contribution in [1.29, 1.82) is 0 Å². The predicted molar refractivity (Wildman–Crippen MR) is 60.3 cm³/mol. The molecule has 1 aromatic rings. The van der Waals surface area contributed by atoms with Crippen molar-refractivity contribution in [2.24, 2.45) is 5.92 Å². The van der Waals surface area contributed by atoms with E-state index in [0.717, 1.165) is 17.0 Å². The summed E-state index contributed by atoms with van der Waals surface area (Å²) in [6, 6.07) is 3.92. The standard InChI is InChI=1S/C12H14BrF/c1-7-5-10(6-8(2)12(7)14)11(13)9-3-4-9/h5-6,9,11H,3-4H2,1-2H3. The summed E-state index contributed by atoms with van der Waals surface area (Å²) < 4.78 is 13.4. The molecular formula is C12H14BrF. The second kappa shape index (κ2) is 3.65. The fourth-order valence-corrected chi connectivity index (χ4v) is 2.59. The van der Waals surface area contributed by atoms with Crippen molar-refractivity contribution in [3.63, 3.8) is 0 Å². The highest BCUT2D eigenvalue weighted by atomic mass is 79.9. The van der Waals surface area contributed by atoms with Gasteiger partial charge in [-0.1, -0.05) is 28.1 Å². The van der Waals surface area contributed by atoms with E-state index in [1.807, 2.05) is 26.0 Å². The Morgan fingerprint density at radius 1 is 1.29 bits per heavy atom. The van der Waals surface area contributed by atoms with Crippen molar-refractivity contribution in [2.75, 3.05) is 0 Å². The van der Waals surface area contributed by atoms with Gasteiger partial charge in [0.05, 0.1) is 0 Å². The van der Waals surface area contributed by atoms with Gasteiger partial charge in [0.1, 0.15) is 5.82 Å². The molecule has 1 aromatic carbocycles. The van der Waals surface area contributed by atoms with E-state index in [-0.39, 0.29) is 5.82 Å². The van der Waals surface area contributed by atoms with Gasteiger partial charge in [-0.05, 0) is 49.3 Å². The summed E-state index contributed by atoms with van der Waals surface area (Å²) in [5, 5.41) is 0. The van der Waals surface area contributed by atoms with Crippen LogP contribution in [0.25, 0.3) is 0 Å². The molecule has 0 N–H and O–H groups in total. The van der Waals surface area contributed by atoms with Crippen LogP contribution in [0, 0.1) is 25.6 Å². The number of alkyl halides is 1. The molecule has 0 aromatic heterocycles. The molecular weight excluding hydrogens is 243 g/mol. The maximum Gasteiger partial charge on any atom is 0.129 e. The van der Waals surface area contributed by atoms with Crippen molar-refractivity contribution >= 4 is 15.9 Å². The molecule has 1 fully saturated rings. The average Bonchev–Trinajstić information content (AvgIpc) is 2.95. The normalized spacial score (nSPS) is 18.3. The zero-order valence-corrected chi connectivity index (χ0v) is 10.1. The molecule has 0 bridgehead atoms. The fourth-order valence-electron chi connectivity index (χ4n) is 1.80. The third-order valence-electron chi connectivity index (χ3n) is 2.81. The molecule has 2 rings (SSSR count). The first-order valence-electron chi connectivity index (χ1n) is 5.00. The van der Waals surface area contributed by atoms with Crippen LogP contribution in [0.4, 0.5) is 4.39 Å². The maximum absolute atomic E-state index is 13.4. The Morgan fingerprint density at radius 3 is 2.21 bits per heavy atom. The smallest absolute Gasteiger partial charge is 0.129 e. The number of rotatable bonds is 2. The van der Waals surface area contributed by atoms with Crippen LogP contribution >= 0.6 is 15.9 Å². The maximum atomic E-state index is 13.4. The predicted octanol–water partition coefficient (Wildman–Crippen LogP) is 4.29. The van der Waals surface area contributed by atoms with Crippen molar-refractivity contribution in [2.45, 2.75) is 31.5 Å². The van der Waals surface area contributed by atoms with Crippen molar-refractivity contribution in [3.8, 4) is 0 Å². The summed E-state index contributed by atoms with van der Waals surface area (Å²) in [6.45, 7) is 3.66. The number of hydrogen-bond donors (Lipinski definition) is 0. The van der Waals surface area contributed by atoms with Gasteiger partial charge in [0.2, 0.25) is 0 Å². The Labute approximate surface area is 92.6 Å². The summed E-state index contributed by atoms with van der Waals surface area (Å²) in [7, 11) is 0. The van der Waals surface area contributed by atoms with Gasteiger partial charge in [-0.3, -0.25) is 0 Å². The van der Waals surface area contributed by atoms with E-state index < -0.39 is 0 Å². The number of aryl methyl sites for hydroxylation is 2. The average molecular weight is 257 g/mol. The molecule has 76 valence electrons. The van der Waals surface area contributed by atoms with Gasteiger partial charge < -0.3 is 0 Å². The van der Waals surface area contributed by atoms with E-state index in [2.05, 4.69) is 15.9 Å². The molecule has 0 radical (unpaired) electrons. The van der Waals surface area contributed by atoms with Crippen LogP contribution in [0.15, 0.2) is 12.1 Å².